The summed E-state index contributed by atoms with van der Waals surface area (Å²) >= 11 is 3.51. The molecule has 1 aromatic carbocycles. The molecule has 2 aromatic rings. The third-order valence-electron chi connectivity index (χ3n) is 3.18. The van der Waals surface area contributed by atoms with Crippen molar-refractivity contribution in [2.45, 2.75) is 32.9 Å². The summed E-state index contributed by atoms with van der Waals surface area (Å²) in [5, 5.41) is 7.77. The highest BCUT2D eigenvalue weighted by Gasteiger charge is 2.18. The molecule has 0 fully saturated rings. The lowest BCUT2D eigenvalue weighted by molar-refractivity contribution is 0.582. The molecule has 5 heteroatoms. The first kappa shape index (κ1) is 15.2. The molecule has 1 N–H and O–H groups in total. The molecule has 0 aliphatic carbocycles. The Bertz CT molecular complexity index is 568. The van der Waals surface area contributed by atoms with E-state index in [1.54, 1.807) is 12.1 Å². The van der Waals surface area contributed by atoms with Gasteiger partial charge in [-0.25, -0.2) is 4.39 Å². The van der Waals surface area contributed by atoms with E-state index in [1.165, 1.54) is 6.07 Å². The second-order valence-corrected chi connectivity index (χ2v) is 5.54. The van der Waals surface area contributed by atoms with E-state index in [9.17, 15) is 4.39 Å². The molecule has 0 saturated heterocycles. The third-order valence-corrected chi connectivity index (χ3v) is 3.90. The third kappa shape index (κ3) is 3.46. The number of aromatic nitrogens is 2. The Morgan fingerprint density at radius 2 is 2.20 bits per heavy atom. The van der Waals surface area contributed by atoms with Gasteiger partial charge in [-0.2, -0.15) is 5.10 Å². The molecule has 0 aliphatic rings. The molecule has 0 saturated carbocycles. The first-order valence-corrected chi connectivity index (χ1v) is 7.65. The van der Waals surface area contributed by atoms with Gasteiger partial charge >= 0.3 is 0 Å². The van der Waals surface area contributed by atoms with Gasteiger partial charge in [-0.05, 0) is 43.7 Å². The van der Waals surface area contributed by atoms with Gasteiger partial charge in [-0.3, -0.25) is 4.68 Å². The normalized spacial score (nSPS) is 12.6. The molecule has 20 heavy (non-hydrogen) atoms. The van der Waals surface area contributed by atoms with Crippen LogP contribution in [0.3, 0.4) is 0 Å². The van der Waals surface area contributed by atoms with Gasteiger partial charge in [-0.15, -0.1) is 0 Å². The van der Waals surface area contributed by atoms with Gasteiger partial charge in [0.25, 0.3) is 0 Å². The summed E-state index contributed by atoms with van der Waals surface area (Å²) in [5.41, 5.74) is 1.95. The van der Waals surface area contributed by atoms with Gasteiger partial charge in [0.1, 0.15) is 5.82 Å². The Kier molecular flexibility index (Phi) is 5.31. The van der Waals surface area contributed by atoms with E-state index in [0.717, 1.165) is 35.1 Å². The molecule has 1 aromatic heterocycles. The highest BCUT2D eigenvalue weighted by Crippen LogP contribution is 2.29. The summed E-state index contributed by atoms with van der Waals surface area (Å²) < 4.78 is 16.3. The number of hydrogen-bond acceptors (Lipinski definition) is 2. The van der Waals surface area contributed by atoms with E-state index in [0.29, 0.717) is 0 Å². The highest BCUT2D eigenvalue weighted by molar-refractivity contribution is 9.10. The Morgan fingerprint density at radius 1 is 1.40 bits per heavy atom. The molecule has 0 spiro atoms. The summed E-state index contributed by atoms with van der Waals surface area (Å²) in [6.07, 6.45) is 4.87. The monoisotopic (exact) mass is 339 g/mol. The van der Waals surface area contributed by atoms with Crippen LogP contribution in [0.4, 0.5) is 4.39 Å². The molecule has 0 bridgehead atoms. The van der Waals surface area contributed by atoms with Crippen LogP contribution in [0.25, 0.3) is 0 Å². The molecule has 108 valence electrons. The fourth-order valence-electron chi connectivity index (χ4n) is 2.13. The standard InChI is InChI=1S/C15H19BrFN3/c1-3-7-18-15(11-9-19-20(4-2)10-11)13-8-12(17)5-6-14(13)16/h5-6,8-10,15,18H,3-4,7H2,1-2H3. The van der Waals surface area contributed by atoms with Crippen molar-refractivity contribution in [3.05, 3.63) is 52.0 Å². The van der Waals surface area contributed by atoms with Crippen LogP contribution >= 0.6 is 15.9 Å². The second kappa shape index (κ2) is 6.99. The molecule has 1 atom stereocenters. The van der Waals surface area contributed by atoms with Crippen molar-refractivity contribution in [1.82, 2.24) is 15.1 Å². The van der Waals surface area contributed by atoms with Crippen LogP contribution in [0.15, 0.2) is 35.1 Å². The van der Waals surface area contributed by atoms with E-state index in [-0.39, 0.29) is 11.9 Å². The minimum absolute atomic E-state index is 0.0553. The molecular weight excluding hydrogens is 321 g/mol. The van der Waals surface area contributed by atoms with Gasteiger partial charge in [0.05, 0.1) is 12.2 Å². The van der Waals surface area contributed by atoms with Crippen molar-refractivity contribution >= 4 is 15.9 Å². The summed E-state index contributed by atoms with van der Waals surface area (Å²) in [5.74, 6) is -0.227. The number of rotatable bonds is 6. The predicted molar refractivity (Wildman–Crippen MR) is 82.1 cm³/mol. The van der Waals surface area contributed by atoms with Crippen LogP contribution in [0.1, 0.15) is 37.4 Å². The number of hydrogen-bond donors (Lipinski definition) is 1. The van der Waals surface area contributed by atoms with Crippen LogP contribution in [0.5, 0.6) is 0 Å². The zero-order chi connectivity index (χ0) is 14.5. The first-order chi connectivity index (χ1) is 9.65. The van der Waals surface area contributed by atoms with Crippen molar-refractivity contribution in [1.29, 1.82) is 0 Å². The van der Waals surface area contributed by atoms with Crippen molar-refractivity contribution in [2.24, 2.45) is 0 Å². The zero-order valence-corrected chi connectivity index (χ0v) is 13.3. The summed E-state index contributed by atoms with van der Waals surface area (Å²) in [6, 6.07) is 4.72. The van der Waals surface area contributed by atoms with Crippen LogP contribution in [0.2, 0.25) is 0 Å². The predicted octanol–water partition coefficient (Wildman–Crippen LogP) is 3.89. The molecule has 0 radical (unpaired) electrons. The highest BCUT2D eigenvalue weighted by atomic mass is 79.9. The minimum atomic E-state index is -0.227. The lowest BCUT2D eigenvalue weighted by Crippen LogP contribution is -2.23. The van der Waals surface area contributed by atoms with Crippen LogP contribution in [-0.2, 0) is 6.54 Å². The Balaban J connectivity index is 2.38. The summed E-state index contributed by atoms with van der Waals surface area (Å²) in [6.45, 7) is 5.85. The Hall–Kier alpha value is -1.20. The number of benzene rings is 1. The van der Waals surface area contributed by atoms with Gasteiger partial charge in [-0.1, -0.05) is 22.9 Å². The van der Waals surface area contributed by atoms with Crippen LogP contribution in [-0.4, -0.2) is 16.3 Å². The number of aryl methyl sites for hydroxylation is 1. The zero-order valence-electron chi connectivity index (χ0n) is 11.7. The van der Waals surface area contributed by atoms with E-state index >= 15 is 0 Å². The lowest BCUT2D eigenvalue weighted by Gasteiger charge is -2.19. The fourth-order valence-corrected chi connectivity index (χ4v) is 2.61. The lowest BCUT2D eigenvalue weighted by atomic mass is 10.0. The van der Waals surface area contributed by atoms with Crippen LogP contribution < -0.4 is 5.32 Å². The maximum Gasteiger partial charge on any atom is 0.123 e. The van der Waals surface area contributed by atoms with Gasteiger partial charge in [0.2, 0.25) is 0 Å². The number of nitrogens with zero attached hydrogens (tertiary/aromatic N) is 2. The number of halogens is 2. The largest absolute Gasteiger partial charge is 0.306 e. The second-order valence-electron chi connectivity index (χ2n) is 4.68. The number of nitrogens with one attached hydrogen (secondary N) is 1. The van der Waals surface area contributed by atoms with Gasteiger partial charge < -0.3 is 5.32 Å². The molecule has 1 heterocycles. The smallest absolute Gasteiger partial charge is 0.123 e. The summed E-state index contributed by atoms with van der Waals surface area (Å²) in [4.78, 5) is 0. The molecule has 2 rings (SSSR count). The molecule has 3 nitrogen and oxygen atoms in total. The molecular formula is C15H19BrFN3. The molecule has 0 aliphatic heterocycles. The van der Waals surface area contributed by atoms with E-state index in [2.05, 4.69) is 33.3 Å². The SMILES string of the molecule is CCCNC(c1cnn(CC)c1)c1cc(F)ccc1Br. The average Bonchev–Trinajstić information content (AvgIpc) is 2.92. The topological polar surface area (TPSA) is 29.9 Å². The van der Waals surface area contributed by atoms with Crippen molar-refractivity contribution in [2.75, 3.05) is 6.54 Å². The minimum Gasteiger partial charge on any atom is -0.306 e. The maximum absolute atomic E-state index is 13.5. The van der Waals surface area contributed by atoms with Gasteiger partial charge in [0, 0.05) is 22.8 Å². The van der Waals surface area contributed by atoms with Crippen LogP contribution in [0, 0.1) is 5.82 Å². The maximum atomic E-state index is 13.5. The molecule has 0 amide bonds. The summed E-state index contributed by atoms with van der Waals surface area (Å²) in [7, 11) is 0. The van der Waals surface area contributed by atoms with Crippen molar-refractivity contribution in [3.63, 3.8) is 0 Å². The Morgan fingerprint density at radius 3 is 2.85 bits per heavy atom. The van der Waals surface area contributed by atoms with E-state index in [1.807, 2.05) is 24.0 Å². The Labute approximate surface area is 127 Å². The molecule has 1 unspecified atom stereocenters. The quantitative estimate of drug-likeness (QED) is 0.865. The van der Waals surface area contributed by atoms with Crippen molar-refractivity contribution in [3.8, 4) is 0 Å². The van der Waals surface area contributed by atoms with Crippen molar-refractivity contribution < 1.29 is 4.39 Å². The van der Waals surface area contributed by atoms with E-state index < -0.39 is 0 Å². The van der Waals surface area contributed by atoms with Gasteiger partial charge in [0.15, 0.2) is 0 Å². The fraction of sp³-hybridized carbons (Fsp3) is 0.400. The first-order valence-electron chi connectivity index (χ1n) is 6.86. The average molecular weight is 340 g/mol. The van der Waals surface area contributed by atoms with E-state index in [4.69, 9.17) is 0 Å².